The highest BCUT2D eigenvalue weighted by atomic mass is 15.1. The number of nitrogens with zero attached hydrogens (tertiary/aromatic N) is 1. The number of nitrogens with one attached hydrogen (secondary N) is 1. The first kappa shape index (κ1) is 9.04. The Morgan fingerprint density at radius 2 is 2.17 bits per heavy atom. The van der Waals surface area contributed by atoms with Crippen LogP contribution in [0.2, 0.25) is 0 Å². The molecule has 0 aromatic carbocycles. The topological polar surface area (TPSA) is 28.7 Å². The molecule has 0 bridgehead atoms. The van der Waals surface area contributed by atoms with E-state index in [9.17, 15) is 0 Å². The van der Waals surface area contributed by atoms with E-state index in [-0.39, 0.29) is 0 Å². The van der Waals surface area contributed by atoms with Gasteiger partial charge in [0, 0.05) is 0 Å². The normalized spacial score (nSPS) is 10.4. The summed E-state index contributed by atoms with van der Waals surface area (Å²) >= 11 is 0. The Labute approximate surface area is 73.7 Å². The zero-order valence-corrected chi connectivity index (χ0v) is 8.18. The number of aromatic nitrogens is 2. The molecule has 0 fully saturated rings. The summed E-state index contributed by atoms with van der Waals surface area (Å²) in [6, 6.07) is 0. The zero-order chi connectivity index (χ0) is 9.14. The summed E-state index contributed by atoms with van der Waals surface area (Å²) in [4.78, 5) is 0. The van der Waals surface area contributed by atoms with E-state index in [1.807, 2.05) is 6.20 Å². The van der Waals surface area contributed by atoms with Crippen LogP contribution in [-0.2, 0) is 0 Å². The van der Waals surface area contributed by atoms with Crippen LogP contribution in [0, 0.1) is 0 Å². The first-order valence-electron chi connectivity index (χ1n) is 4.29. The fourth-order valence-corrected chi connectivity index (χ4v) is 1.17. The van der Waals surface area contributed by atoms with Gasteiger partial charge < -0.3 is 0 Å². The predicted molar refractivity (Wildman–Crippen MR) is 52.0 cm³/mol. The number of hydrogen-bond donors (Lipinski definition) is 1. The van der Waals surface area contributed by atoms with Crippen molar-refractivity contribution < 1.29 is 0 Å². The molecule has 1 aromatic heterocycles. The fraction of sp³-hybridized carbons (Fsp3) is 0.500. The monoisotopic (exact) mass is 164 g/mol. The lowest BCUT2D eigenvalue weighted by atomic mass is 10.0. The summed E-state index contributed by atoms with van der Waals surface area (Å²) in [6.07, 6.45) is 4.03. The lowest BCUT2D eigenvalue weighted by Gasteiger charge is -2.01. The van der Waals surface area contributed by atoms with E-state index in [0.717, 1.165) is 5.69 Å². The van der Waals surface area contributed by atoms with Crippen molar-refractivity contribution in [2.45, 2.75) is 33.6 Å². The van der Waals surface area contributed by atoms with Crippen LogP contribution in [-0.4, -0.2) is 10.2 Å². The van der Waals surface area contributed by atoms with Crippen LogP contribution in [0.25, 0.3) is 6.08 Å². The minimum absolute atomic E-state index is 0.536. The van der Waals surface area contributed by atoms with E-state index in [1.165, 1.54) is 11.1 Å². The first-order valence-corrected chi connectivity index (χ1v) is 4.29. The van der Waals surface area contributed by atoms with Gasteiger partial charge in [-0.25, -0.2) is 0 Å². The molecule has 0 saturated carbocycles. The van der Waals surface area contributed by atoms with Gasteiger partial charge in [-0.15, -0.1) is 0 Å². The molecule has 0 spiro atoms. The Morgan fingerprint density at radius 1 is 1.50 bits per heavy atom. The third-order valence-corrected chi connectivity index (χ3v) is 1.75. The average Bonchev–Trinajstić information content (AvgIpc) is 2.33. The van der Waals surface area contributed by atoms with Gasteiger partial charge in [0.1, 0.15) is 0 Å². The molecule has 1 N–H and O–H groups in total. The number of rotatable bonds is 2. The third kappa shape index (κ3) is 1.97. The molecule has 1 rings (SSSR count). The van der Waals surface area contributed by atoms with Gasteiger partial charge in [-0.3, -0.25) is 5.10 Å². The summed E-state index contributed by atoms with van der Waals surface area (Å²) in [5, 5.41) is 7.02. The molecule has 66 valence electrons. The maximum atomic E-state index is 4.03. The van der Waals surface area contributed by atoms with E-state index in [1.54, 1.807) is 0 Å². The summed E-state index contributed by atoms with van der Waals surface area (Å²) in [7, 11) is 0. The molecular formula is C10H16N2. The van der Waals surface area contributed by atoms with Gasteiger partial charge >= 0.3 is 0 Å². The molecule has 0 amide bonds. The maximum Gasteiger partial charge on any atom is 0.0611 e. The number of hydrogen-bond acceptors (Lipinski definition) is 1. The quantitative estimate of drug-likeness (QED) is 0.715. The summed E-state index contributed by atoms with van der Waals surface area (Å²) < 4.78 is 0. The van der Waals surface area contributed by atoms with Crippen molar-refractivity contribution in [3.63, 3.8) is 0 Å². The van der Waals surface area contributed by atoms with Gasteiger partial charge in [0.25, 0.3) is 0 Å². The lowest BCUT2D eigenvalue weighted by molar-refractivity contribution is 0.865. The van der Waals surface area contributed by atoms with Crippen LogP contribution in [0.15, 0.2) is 11.8 Å². The predicted octanol–water partition coefficient (Wildman–Crippen LogP) is 2.96. The molecule has 1 aromatic rings. The Balaban J connectivity index is 3.00. The standard InChI is InChI=1S/C10H16N2/c1-7(2)5-10-9(8(3)4)6-11-12-10/h5-6,8H,1-4H3,(H,11,12). The van der Waals surface area contributed by atoms with Crippen molar-refractivity contribution >= 4 is 6.08 Å². The van der Waals surface area contributed by atoms with E-state index < -0.39 is 0 Å². The molecule has 0 aliphatic rings. The summed E-state index contributed by atoms with van der Waals surface area (Å²) in [5.74, 6) is 0.536. The molecule has 2 heteroatoms. The second kappa shape index (κ2) is 3.57. The minimum Gasteiger partial charge on any atom is -0.278 e. The lowest BCUT2D eigenvalue weighted by Crippen LogP contribution is -1.87. The average molecular weight is 164 g/mol. The van der Waals surface area contributed by atoms with Gasteiger partial charge in [0.2, 0.25) is 0 Å². The Morgan fingerprint density at radius 3 is 2.67 bits per heavy atom. The van der Waals surface area contributed by atoms with Gasteiger partial charge in [0.05, 0.1) is 11.9 Å². The number of H-pyrrole nitrogens is 1. The highest BCUT2D eigenvalue weighted by Crippen LogP contribution is 2.18. The molecule has 0 unspecified atom stereocenters. The van der Waals surface area contributed by atoms with Crippen LogP contribution in [0.5, 0.6) is 0 Å². The van der Waals surface area contributed by atoms with E-state index in [2.05, 4.69) is 44.0 Å². The highest BCUT2D eigenvalue weighted by molar-refractivity contribution is 5.51. The molecule has 1 heterocycles. The van der Waals surface area contributed by atoms with Gasteiger partial charge in [0.15, 0.2) is 0 Å². The molecule has 0 aliphatic heterocycles. The van der Waals surface area contributed by atoms with E-state index in [4.69, 9.17) is 0 Å². The first-order chi connectivity index (χ1) is 5.61. The van der Waals surface area contributed by atoms with Crippen LogP contribution in [0.4, 0.5) is 0 Å². The van der Waals surface area contributed by atoms with Crippen molar-refractivity contribution in [1.29, 1.82) is 0 Å². The fourth-order valence-electron chi connectivity index (χ4n) is 1.17. The molecular weight excluding hydrogens is 148 g/mol. The number of allylic oxidation sites excluding steroid dienone is 1. The maximum absolute atomic E-state index is 4.03. The molecule has 0 atom stereocenters. The van der Waals surface area contributed by atoms with Crippen LogP contribution < -0.4 is 0 Å². The number of aromatic amines is 1. The molecule has 0 radical (unpaired) electrons. The zero-order valence-electron chi connectivity index (χ0n) is 8.18. The Kier molecular flexibility index (Phi) is 2.69. The summed E-state index contributed by atoms with van der Waals surface area (Å²) in [6.45, 7) is 8.52. The van der Waals surface area contributed by atoms with Crippen molar-refractivity contribution in [2.75, 3.05) is 0 Å². The minimum atomic E-state index is 0.536. The smallest absolute Gasteiger partial charge is 0.0611 e. The van der Waals surface area contributed by atoms with Gasteiger partial charge in [-0.1, -0.05) is 19.4 Å². The van der Waals surface area contributed by atoms with Crippen LogP contribution >= 0.6 is 0 Å². The highest BCUT2D eigenvalue weighted by Gasteiger charge is 2.05. The Hall–Kier alpha value is -1.05. The van der Waals surface area contributed by atoms with Crippen molar-refractivity contribution in [1.82, 2.24) is 10.2 Å². The largest absolute Gasteiger partial charge is 0.278 e. The van der Waals surface area contributed by atoms with E-state index in [0.29, 0.717) is 5.92 Å². The van der Waals surface area contributed by atoms with Crippen LogP contribution in [0.1, 0.15) is 44.9 Å². The third-order valence-electron chi connectivity index (χ3n) is 1.75. The molecule has 0 saturated heterocycles. The molecule has 2 nitrogen and oxygen atoms in total. The van der Waals surface area contributed by atoms with Gasteiger partial charge in [-0.05, 0) is 31.4 Å². The molecule has 12 heavy (non-hydrogen) atoms. The van der Waals surface area contributed by atoms with Gasteiger partial charge in [-0.2, -0.15) is 5.10 Å². The van der Waals surface area contributed by atoms with Crippen molar-refractivity contribution in [3.05, 3.63) is 23.0 Å². The second-order valence-corrected chi connectivity index (χ2v) is 3.62. The van der Waals surface area contributed by atoms with Crippen molar-refractivity contribution in [2.24, 2.45) is 0 Å². The van der Waals surface area contributed by atoms with Crippen molar-refractivity contribution in [3.8, 4) is 0 Å². The SMILES string of the molecule is CC(C)=Cc1[nH]ncc1C(C)C. The summed E-state index contributed by atoms with van der Waals surface area (Å²) in [5.41, 5.74) is 3.72. The molecule has 0 aliphatic carbocycles. The Bertz CT molecular complexity index is 278. The van der Waals surface area contributed by atoms with Crippen LogP contribution in [0.3, 0.4) is 0 Å². The second-order valence-electron chi connectivity index (χ2n) is 3.62. The van der Waals surface area contributed by atoms with E-state index >= 15 is 0 Å².